The van der Waals surface area contributed by atoms with Crippen LogP contribution in [0.5, 0.6) is 0 Å². The number of hydrogen-bond donors (Lipinski definition) is 0. The highest BCUT2D eigenvalue weighted by Gasteiger charge is 2.20. The topological polar surface area (TPSA) is 22.0 Å². The first-order valence-electron chi connectivity index (χ1n) is 10.1. The summed E-state index contributed by atoms with van der Waals surface area (Å²) in [6.07, 6.45) is 8.66. The molecule has 0 aliphatic carbocycles. The third-order valence-electron chi connectivity index (χ3n) is 5.55. The summed E-state index contributed by atoms with van der Waals surface area (Å²) in [6, 6.07) is 7.00. The SMILES string of the molecule is C=C(C)C(CCC(C)=O)c1cn(C)c2cc(C(CCC)CCC)ccc12. The zero-order valence-electron chi connectivity index (χ0n) is 17.3. The van der Waals surface area contributed by atoms with Gasteiger partial charge in [0, 0.05) is 36.5 Å². The van der Waals surface area contributed by atoms with E-state index >= 15 is 0 Å². The second-order valence-corrected chi connectivity index (χ2v) is 7.89. The number of fused-ring (bicyclic) bond motifs is 1. The lowest BCUT2D eigenvalue weighted by Gasteiger charge is -2.18. The van der Waals surface area contributed by atoms with Gasteiger partial charge in [0.15, 0.2) is 0 Å². The predicted molar refractivity (Wildman–Crippen MR) is 113 cm³/mol. The maximum absolute atomic E-state index is 11.5. The third-order valence-corrected chi connectivity index (χ3v) is 5.55. The fourth-order valence-electron chi connectivity index (χ4n) is 4.15. The number of hydrogen-bond acceptors (Lipinski definition) is 1. The van der Waals surface area contributed by atoms with Crippen LogP contribution in [0.15, 0.2) is 36.5 Å². The van der Waals surface area contributed by atoms with Crippen molar-refractivity contribution in [2.75, 3.05) is 0 Å². The zero-order valence-corrected chi connectivity index (χ0v) is 17.3. The Morgan fingerprint density at radius 3 is 2.31 bits per heavy atom. The van der Waals surface area contributed by atoms with E-state index in [-0.39, 0.29) is 11.7 Å². The highest BCUT2D eigenvalue weighted by atomic mass is 16.1. The summed E-state index contributed by atoms with van der Waals surface area (Å²) in [7, 11) is 2.13. The molecule has 142 valence electrons. The quantitative estimate of drug-likeness (QED) is 0.426. The average molecular weight is 354 g/mol. The Balaban J connectivity index is 2.44. The highest BCUT2D eigenvalue weighted by molar-refractivity contribution is 5.86. The van der Waals surface area contributed by atoms with Crippen molar-refractivity contribution in [3.63, 3.8) is 0 Å². The molecule has 0 aliphatic rings. The van der Waals surface area contributed by atoms with Crippen LogP contribution in [0.25, 0.3) is 10.9 Å². The van der Waals surface area contributed by atoms with Gasteiger partial charge in [-0.25, -0.2) is 0 Å². The molecule has 0 saturated heterocycles. The van der Waals surface area contributed by atoms with Gasteiger partial charge < -0.3 is 9.36 Å². The molecule has 0 saturated carbocycles. The fourth-order valence-corrected chi connectivity index (χ4v) is 4.15. The summed E-state index contributed by atoms with van der Waals surface area (Å²) in [4.78, 5) is 11.5. The molecule has 2 aromatic rings. The number of ketones is 1. The van der Waals surface area contributed by atoms with Crippen LogP contribution in [0, 0.1) is 0 Å². The zero-order chi connectivity index (χ0) is 19.3. The Labute approximate surface area is 159 Å². The monoisotopic (exact) mass is 353 g/mol. The molecule has 0 radical (unpaired) electrons. The minimum absolute atomic E-state index is 0.246. The summed E-state index contributed by atoms with van der Waals surface area (Å²) >= 11 is 0. The van der Waals surface area contributed by atoms with E-state index in [1.165, 1.54) is 47.7 Å². The third kappa shape index (κ3) is 4.66. The van der Waals surface area contributed by atoms with Crippen molar-refractivity contribution in [2.24, 2.45) is 7.05 Å². The Morgan fingerprint density at radius 1 is 1.12 bits per heavy atom. The summed E-state index contributed by atoms with van der Waals surface area (Å²) in [5, 5.41) is 1.31. The first-order valence-corrected chi connectivity index (χ1v) is 10.1. The van der Waals surface area contributed by atoms with Crippen LogP contribution < -0.4 is 0 Å². The van der Waals surface area contributed by atoms with Crippen LogP contribution in [0.1, 0.15) is 89.2 Å². The van der Waals surface area contributed by atoms with Gasteiger partial charge in [-0.15, -0.1) is 0 Å². The first kappa shape index (κ1) is 20.5. The van der Waals surface area contributed by atoms with Gasteiger partial charge in [-0.2, -0.15) is 0 Å². The molecule has 0 N–H and O–H groups in total. The Kier molecular flexibility index (Phi) is 7.25. The molecule has 0 fully saturated rings. The number of rotatable bonds is 10. The Hall–Kier alpha value is -1.83. The number of aromatic nitrogens is 1. The lowest BCUT2D eigenvalue weighted by molar-refractivity contribution is -0.117. The molecular weight excluding hydrogens is 318 g/mol. The van der Waals surface area contributed by atoms with Crippen LogP contribution in [-0.2, 0) is 11.8 Å². The van der Waals surface area contributed by atoms with Gasteiger partial charge in [0.05, 0.1) is 0 Å². The van der Waals surface area contributed by atoms with Gasteiger partial charge >= 0.3 is 0 Å². The number of allylic oxidation sites excluding steroid dienone is 1. The van der Waals surface area contributed by atoms with E-state index in [1.807, 2.05) is 0 Å². The molecule has 0 amide bonds. The standard InChI is InChI=1S/C24H35NO/c1-7-9-19(10-8-2)20-12-14-22-23(16-25(6)24(22)15-20)21(17(3)4)13-11-18(5)26/h12,14-16,19,21H,3,7-11,13H2,1-2,4-6H3. The molecule has 1 heterocycles. The minimum Gasteiger partial charge on any atom is -0.350 e. The van der Waals surface area contributed by atoms with E-state index in [0.717, 1.165) is 12.0 Å². The molecule has 1 aromatic heterocycles. The van der Waals surface area contributed by atoms with Crippen molar-refractivity contribution < 1.29 is 4.79 Å². The van der Waals surface area contributed by atoms with Gasteiger partial charge in [0.2, 0.25) is 0 Å². The lowest BCUT2D eigenvalue weighted by atomic mass is 9.86. The molecule has 0 aliphatic heterocycles. The smallest absolute Gasteiger partial charge is 0.129 e. The van der Waals surface area contributed by atoms with Gasteiger partial charge in [0.25, 0.3) is 0 Å². The molecule has 1 atom stereocenters. The van der Waals surface area contributed by atoms with Crippen molar-refractivity contribution in [3.05, 3.63) is 47.7 Å². The van der Waals surface area contributed by atoms with E-state index in [0.29, 0.717) is 12.3 Å². The average Bonchev–Trinajstić information content (AvgIpc) is 2.90. The van der Waals surface area contributed by atoms with Crippen molar-refractivity contribution in [1.82, 2.24) is 4.57 Å². The van der Waals surface area contributed by atoms with E-state index in [2.05, 4.69) is 63.4 Å². The molecule has 2 heteroatoms. The number of benzene rings is 1. The van der Waals surface area contributed by atoms with Crippen LogP contribution in [0.4, 0.5) is 0 Å². The molecule has 0 spiro atoms. The van der Waals surface area contributed by atoms with E-state index in [9.17, 15) is 4.79 Å². The highest BCUT2D eigenvalue weighted by Crippen LogP contribution is 2.36. The van der Waals surface area contributed by atoms with E-state index in [1.54, 1.807) is 6.92 Å². The molecule has 1 unspecified atom stereocenters. The normalized spacial score (nSPS) is 12.7. The summed E-state index contributed by atoms with van der Waals surface area (Å²) in [5.41, 5.74) is 5.20. The molecule has 1 aromatic carbocycles. The lowest BCUT2D eigenvalue weighted by Crippen LogP contribution is -2.03. The summed E-state index contributed by atoms with van der Waals surface area (Å²) in [6.45, 7) is 12.5. The largest absolute Gasteiger partial charge is 0.350 e. The summed E-state index contributed by atoms with van der Waals surface area (Å²) in [5.74, 6) is 1.15. The van der Waals surface area contributed by atoms with Gasteiger partial charge in [-0.05, 0) is 56.2 Å². The van der Waals surface area contributed by atoms with Crippen molar-refractivity contribution >= 4 is 16.7 Å². The van der Waals surface area contributed by atoms with Crippen molar-refractivity contribution in [3.8, 4) is 0 Å². The van der Waals surface area contributed by atoms with Crippen molar-refractivity contribution in [1.29, 1.82) is 0 Å². The maximum Gasteiger partial charge on any atom is 0.129 e. The first-order chi connectivity index (χ1) is 12.4. The predicted octanol–water partition coefficient (Wildman–Crippen LogP) is 6.89. The number of nitrogens with zero attached hydrogens (tertiary/aromatic N) is 1. The molecule has 2 nitrogen and oxygen atoms in total. The number of carbonyl (C=O) groups is 1. The summed E-state index contributed by atoms with van der Waals surface area (Å²) < 4.78 is 2.24. The number of Topliss-reactive ketones (excluding diaryl/α,β-unsaturated/α-hetero) is 1. The van der Waals surface area contributed by atoms with Crippen LogP contribution >= 0.6 is 0 Å². The molecular formula is C24H35NO. The maximum atomic E-state index is 11.5. The van der Waals surface area contributed by atoms with Gasteiger partial charge in [0.1, 0.15) is 5.78 Å². The van der Waals surface area contributed by atoms with Gasteiger partial charge in [-0.1, -0.05) is 51.0 Å². The fraction of sp³-hybridized carbons (Fsp3) is 0.542. The second-order valence-electron chi connectivity index (χ2n) is 7.89. The van der Waals surface area contributed by atoms with Crippen LogP contribution in [-0.4, -0.2) is 10.4 Å². The van der Waals surface area contributed by atoms with Crippen molar-refractivity contribution in [2.45, 2.75) is 78.1 Å². The number of carbonyl (C=O) groups excluding carboxylic acids is 1. The number of aryl methyl sites for hydroxylation is 1. The molecule has 2 rings (SSSR count). The van der Waals surface area contributed by atoms with Crippen LogP contribution in [0.3, 0.4) is 0 Å². The van der Waals surface area contributed by atoms with E-state index < -0.39 is 0 Å². The molecule has 26 heavy (non-hydrogen) atoms. The molecule has 0 bridgehead atoms. The Morgan fingerprint density at radius 2 is 1.77 bits per heavy atom. The minimum atomic E-state index is 0.246. The van der Waals surface area contributed by atoms with Crippen LogP contribution in [0.2, 0.25) is 0 Å². The Bertz CT molecular complexity index is 762. The van der Waals surface area contributed by atoms with Gasteiger partial charge in [-0.3, -0.25) is 0 Å². The second kappa shape index (κ2) is 9.21. The van der Waals surface area contributed by atoms with E-state index in [4.69, 9.17) is 0 Å².